The minimum atomic E-state index is -0.0531. The lowest BCUT2D eigenvalue weighted by Crippen LogP contribution is -2.15. The molecular formula is C20H23N5OS. The molecule has 0 aliphatic carbocycles. The van der Waals surface area contributed by atoms with Gasteiger partial charge in [0.15, 0.2) is 11.0 Å². The SMILES string of the molecule is CCCn1c(SCC(=O)Nc2cccc(C)c2C)nnc1-c1cccnc1. The number of benzene rings is 1. The molecule has 0 fully saturated rings. The van der Waals surface area contributed by atoms with Crippen molar-refractivity contribution in [2.75, 3.05) is 11.1 Å². The zero-order valence-electron chi connectivity index (χ0n) is 15.8. The maximum atomic E-state index is 12.4. The van der Waals surface area contributed by atoms with Crippen molar-refractivity contribution in [1.82, 2.24) is 19.7 Å². The highest BCUT2D eigenvalue weighted by Crippen LogP contribution is 2.24. The van der Waals surface area contributed by atoms with E-state index >= 15 is 0 Å². The van der Waals surface area contributed by atoms with Gasteiger partial charge in [-0.25, -0.2) is 0 Å². The monoisotopic (exact) mass is 381 g/mol. The van der Waals surface area contributed by atoms with Crippen molar-refractivity contribution in [3.8, 4) is 11.4 Å². The van der Waals surface area contributed by atoms with Crippen molar-refractivity contribution in [2.24, 2.45) is 0 Å². The zero-order valence-corrected chi connectivity index (χ0v) is 16.6. The minimum absolute atomic E-state index is 0.0531. The van der Waals surface area contributed by atoms with Gasteiger partial charge in [0, 0.05) is 30.2 Å². The van der Waals surface area contributed by atoms with E-state index in [0.29, 0.717) is 0 Å². The van der Waals surface area contributed by atoms with Gasteiger partial charge < -0.3 is 9.88 Å². The fourth-order valence-electron chi connectivity index (χ4n) is 2.73. The van der Waals surface area contributed by atoms with Crippen LogP contribution >= 0.6 is 11.8 Å². The molecule has 2 heterocycles. The van der Waals surface area contributed by atoms with Crippen LogP contribution in [-0.2, 0) is 11.3 Å². The fourth-order valence-corrected chi connectivity index (χ4v) is 3.50. The third-order valence-corrected chi connectivity index (χ3v) is 5.26. The Labute approximate surface area is 163 Å². The molecule has 6 nitrogen and oxygen atoms in total. The number of hydrogen-bond donors (Lipinski definition) is 1. The van der Waals surface area contributed by atoms with Crippen LogP contribution in [0.25, 0.3) is 11.4 Å². The summed E-state index contributed by atoms with van der Waals surface area (Å²) in [5.74, 6) is 1.01. The zero-order chi connectivity index (χ0) is 19.2. The second-order valence-electron chi connectivity index (χ2n) is 6.28. The normalized spacial score (nSPS) is 10.8. The lowest BCUT2D eigenvalue weighted by atomic mass is 10.1. The molecule has 1 amide bonds. The molecule has 1 N–H and O–H groups in total. The molecule has 0 unspecified atom stereocenters. The molecule has 0 aliphatic rings. The Morgan fingerprint density at radius 1 is 1.19 bits per heavy atom. The lowest BCUT2D eigenvalue weighted by Gasteiger charge is -2.11. The van der Waals surface area contributed by atoms with E-state index in [0.717, 1.165) is 46.3 Å². The van der Waals surface area contributed by atoms with Crippen molar-refractivity contribution >= 4 is 23.4 Å². The molecule has 3 rings (SSSR count). The van der Waals surface area contributed by atoms with Crippen molar-refractivity contribution in [1.29, 1.82) is 0 Å². The number of rotatable bonds is 7. The molecule has 0 saturated carbocycles. The van der Waals surface area contributed by atoms with Gasteiger partial charge in [0.25, 0.3) is 0 Å². The third kappa shape index (κ3) is 4.54. The summed E-state index contributed by atoms with van der Waals surface area (Å²) in [5, 5.41) is 12.3. The number of aromatic nitrogens is 4. The average Bonchev–Trinajstić information content (AvgIpc) is 3.07. The van der Waals surface area contributed by atoms with Crippen molar-refractivity contribution in [2.45, 2.75) is 38.9 Å². The topological polar surface area (TPSA) is 72.7 Å². The van der Waals surface area contributed by atoms with Crippen molar-refractivity contribution in [3.05, 3.63) is 53.9 Å². The third-order valence-electron chi connectivity index (χ3n) is 4.29. The number of thioether (sulfide) groups is 1. The highest BCUT2D eigenvalue weighted by molar-refractivity contribution is 7.99. The Balaban J connectivity index is 1.71. The largest absolute Gasteiger partial charge is 0.325 e. The van der Waals surface area contributed by atoms with Gasteiger partial charge in [-0.2, -0.15) is 0 Å². The minimum Gasteiger partial charge on any atom is -0.325 e. The summed E-state index contributed by atoms with van der Waals surface area (Å²) in [7, 11) is 0. The second-order valence-corrected chi connectivity index (χ2v) is 7.23. The highest BCUT2D eigenvalue weighted by Gasteiger charge is 2.15. The Hall–Kier alpha value is -2.67. The fraction of sp³-hybridized carbons (Fsp3) is 0.300. The van der Waals surface area contributed by atoms with Crippen LogP contribution in [0.3, 0.4) is 0 Å². The summed E-state index contributed by atoms with van der Waals surface area (Å²) in [6, 6.07) is 9.75. The van der Waals surface area contributed by atoms with E-state index < -0.39 is 0 Å². The molecule has 0 spiro atoms. The number of aryl methyl sites for hydroxylation is 1. The molecule has 2 aromatic heterocycles. The summed E-state index contributed by atoms with van der Waals surface area (Å²) in [5.41, 5.74) is 4.02. The van der Waals surface area contributed by atoms with Crippen LogP contribution in [0.1, 0.15) is 24.5 Å². The summed E-state index contributed by atoms with van der Waals surface area (Å²) in [6.45, 7) is 6.94. The van der Waals surface area contributed by atoms with Crippen LogP contribution < -0.4 is 5.32 Å². The first-order valence-corrected chi connectivity index (χ1v) is 9.91. The van der Waals surface area contributed by atoms with Gasteiger partial charge in [-0.1, -0.05) is 30.8 Å². The second kappa shape index (κ2) is 8.81. The quantitative estimate of drug-likeness (QED) is 0.624. The Bertz CT molecular complexity index is 923. The highest BCUT2D eigenvalue weighted by atomic mass is 32.2. The molecule has 1 aromatic carbocycles. The van der Waals surface area contributed by atoms with Gasteiger partial charge in [0.1, 0.15) is 0 Å². The maximum Gasteiger partial charge on any atom is 0.234 e. The van der Waals surface area contributed by atoms with E-state index in [2.05, 4.69) is 27.4 Å². The smallest absolute Gasteiger partial charge is 0.234 e. The molecule has 3 aromatic rings. The number of anilines is 1. The van der Waals surface area contributed by atoms with Crippen molar-refractivity contribution < 1.29 is 4.79 Å². The maximum absolute atomic E-state index is 12.4. The van der Waals surface area contributed by atoms with E-state index in [9.17, 15) is 4.79 Å². The number of carbonyl (C=O) groups is 1. The molecular weight excluding hydrogens is 358 g/mol. The van der Waals surface area contributed by atoms with Crippen LogP contribution in [0, 0.1) is 13.8 Å². The molecule has 0 atom stereocenters. The Morgan fingerprint density at radius 3 is 2.78 bits per heavy atom. The van der Waals surface area contributed by atoms with Crippen LogP contribution in [0.15, 0.2) is 47.9 Å². The first-order chi connectivity index (χ1) is 13.1. The summed E-state index contributed by atoms with van der Waals surface area (Å²) >= 11 is 1.40. The van der Waals surface area contributed by atoms with Gasteiger partial charge in [-0.05, 0) is 49.6 Å². The standard InChI is InChI=1S/C20H23N5OS/c1-4-11-25-19(16-8-6-10-21-12-16)23-24-20(25)27-13-18(26)22-17-9-5-7-14(2)15(17)3/h5-10,12H,4,11,13H2,1-3H3,(H,22,26). The van der Waals surface area contributed by atoms with E-state index in [-0.39, 0.29) is 11.7 Å². The number of pyridine rings is 1. The first kappa shape index (κ1) is 19.1. The van der Waals surface area contributed by atoms with E-state index in [1.165, 1.54) is 11.8 Å². The van der Waals surface area contributed by atoms with Crippen LogP contribution in [-0.4, -0.2) is 31.4 Å². The van der Waals surface area contributed by atoms with E-state index in [1.807, 2.05) is 48.7 Å². The van der Waals surface area contributed by atoms with Crippen LogP contribution in [0.2, 0.25) is 0 Å². The van der Waals surface area contributed by atoms with Crippen LogP contribution in [0.4, 0.5) is 5.69 Å². The predicted molar refractivity (Wildman–Crippen MR) is 109 cm³/mol. The van der Waals surface area contributed by atoms with E-state index in [1.54, 1.807) is 12.4 Å². The van der Waals surface area contributed by atoms with Gasteiger partial charge in [-0.3, -0.25) is 9.78 Å². The molecule has 0 aliphatic heterocycles. The van der Waals surface area contributed by atoms with Gasteiger partial charge in [0.05, 0.1) is 5.75 Å². The number of carbonyl (C=O) groups excluding carboxylic acids is 1. The molecule has 0 radical (unpaired) electrons. The summed E-state index contributed by atoms with van der Waals surface area (Å²) in [4.78, 5) is 16.6. The molecule has 27 heavy (non-hydrogen) atoms. The van der Waals surface area contributed by atoms with E-state index in [4.69, 9.17) is 0 Å². The molecule has 140 valence electrons. The van der Waals surface area contributed by atoms with Gasteiger partial charge in [0.2, 0.25) is 5.91 Å². The lowest BCUT2D eigenvalue weighted by molar-refractivity contribution is -0.113. The van der Waals surface area contributed by atoms with Gasteiger partial charge in [-0.15, -0.1) is 10.2 Å². The number of nitrogens with one attached hydrogen (secondary N) is 1. The Kier molecular flexibility index (Phi) is 6.24. The predicted octanol–water partition coefficient (Wildman–Crippen LogP) is 4.10. The number of nitrogens with zero attached hydrogens (tertiary/aromatic N) is 4. The summed E-state index contributed by atoms with van der Waals surface area (Å²) < 4.78 is 2.05. The average molecular weight is 382 g/mol. The van der Waals surface area contributed by atoms with Gasteiger partial charge >= 0.3 is 0 Å². The molecule has 0 saturated heterocycles. The number of amides is 1. The van der Waals surface area contributed by atoms with Crippen LogP contribution in [0.5, 0.6) is 0 Å². The Morgan fingerprint density at radius 2 is 2.04 bits per heavy atom. The molecule has 7 heteroatoms. The van der Waals surface area contributed by atoms with Crippen molar-refractivity contribution in [3.63, 3.8) is 0 Å². The first-order valence-electron chi connectivity index (χ1n) is 8.92. The summed E-state index contributed by atoms with van der Waals surface area (Å²) in [6.07, 6.45) is 4.46. The number of hydrogen-bond acceptors (Lipinski definition) is 5. The molecule has 0 bridgehead atoms.